The molecule has 9 amide bonds. The first-order chi connectivity index (χ1) is 37.3. The summed E-state index contributed by atoms with van der Waals surface area (Å²) in [5, 5.41) is 87.5. The second-order valence-electron chi connectivity index (χ2n) is 18.0. The standard InChI is InChI=1S/C45H80N14O20/c46-13-5-1-9-24(51-36(69)23(50)20-60)37(70)56-29(18-34(65)66)41(74)58-31(21-61)44(77)53-26(11-3-7-15-48)39(72)57-30(19-35(67)68)42(75)59-32(22-62)43(76)52-25(10-2-6-14-47)38(71)55-28(17-33(63)64)40(73)54-27(45(78)79)12-4-8-16-49/h23-32,60-62H,1-22,46-50H2,(H,51,69)(H,52,76)(H,53,77)(H,54,73)(H,55,71)(H,56,70)(H,57,72)(H,58,74)(H,59,75)(H,63,64)(H,65,66)(H,67,68)(H,78,79)/t23-,24-,25-,26-,27-,28-,29-,30-,31-,32-/m0/s1. The Morgan fingerprint density at radius 1 is 0.291 bits per heavy atom. The third kappa shape index (κ3) is 29.4. The number of hydrogen-bond acceptors (Lipinski definition) is 21. The Bertz CT molecular complexity index is 2040. The van der Waals surface area contributed by atoms with Crippen molar-refractivity contribution in [1.82, 2.24) is 47.9 Å². The monoisotopic (exact) mass is 1140 g/mol. The second kappa shape index (κ2) is 40.0. The molecule has 79 heavy (non-hydrogen) atoms. The van der Waals surface area contributed by atoms with Crippen LogP contribution in [0.25, 0.3) is 0 Å². The van der Waals surface area contributed by atoms with Crippen molar-refractivity contribution in [1.29, 1.82) is 0 Å². The molecule has 450 valence electrons. The molecule has 0 rings (SSSR count). The van der Waals surface area contributed by atoms with E-state index in [1.165, 1.54) is 0 Å². The van der Waals surface area contributed by atoms with E-state index in [2.05, 4.69) is 42.5 Å². The van der Waals surface area contributed by atoms with Crippen molar-refractivity contribution in [2.45, 2.75) is 157 Å². The number of carboxylic acids is 4. The average Bonchev–Trinajstić information content (AvgIpc) is 3.38. The van der Waals surface area contributed by atoms with E-state index in [0.29, 0.717) is 12.8 Å². The van der Waals surface area contributed by atoms with Gasteiger partial charge in [0.15, 0.2) is 0 Å². The number of rotatable bonds is 44. The predicted molar refractivity (Wildman–Crippen MR) is 273 cm³/mol. The van der Waals surface area contributed by atoms with Crippen LogP contribution >= 0.6 is 0 Å². The van der Waals surface area contributed by atoms with E-state index in [9.17, 15) is 98.1 Å². The summed E-state index contributed by atoms with van der Waals surface area (Å²) in [4.78, 5) is 168. The molecule has 0 aliphatic heterocycles. The van der Waals surface area contributed by atoms with Gasteiger partial charge in [0.1, 0.15) is 60.4 Å². The molecule has 34 nitrogen and oxygen atoms in total. The molecule has 0 aromatic heterocycles. The third-order valence-corrected chi connectivity index (χ3v) is 11.5. The van der Waals surface area contributed by atoms with Crippen LogP contribution in [0, 0.1) is 0 Å². The van der Waals surface area contributed by atoms with Crippen molar-refractivity contribution in [3.8, 4) is 0 Å². The Labute approximate surface area is 453 Å². The summed E-state index contributed by atoms with van der Waals surface area (Å²) >= 11 is 0. The van der Waals surface area contributed by atoms with E-state index in [-0.39, 0.29) is 90.4 Å². The molecule has 0 aromatic rings. The second-order valence-corrected chi connectivity index (χ2v) is 18.0. The van der Waals surface area contributed by atoms with Crippen LogP contribution in [0.3, 0.4) is 0 Å². The summed E-state index contributed by atoms with van der Waals surface area (Å²) in [6, 6.07) is -17.6. The van der Waals surface area contributed by atoms with Crippen LogP contribution in [-0.4, -0.2) is 219 Å². The summed E-state index contributed by atoms with van der Waals surface area (Å²) in [6.45, 7) is -2.63. The minimum atomic E-state index is -2.08. The Kier molecular flexibility index (Phi) is 36.4. The van der Waals surface area contributed by atoms with Gasteiger partial charge in [-0.3, -0.25) is 57.5 Å². The van der Waals surface area contributed by atoms with Crippen LogP contribution in [0.1, 0.15) is 96.3 Å². The molecule has 34 heteroatoms. The fourth-order valence-electron chi connectivity index (χ4n) is 7.12. The molecule has 0 fully saturated rings. The van der Waals surface area contributed by atoms with Crippen LogP contribution in [0.2, 0.25) is 0 Å². The summed E-state index contributed by atoms with van der Waals surface area (Å²) in [7, 11) is 0. The molecule has 0 saturated carbocycles. The van der Waals surface area contributed by atoms with E-state index < -0.39 is 177 Å². The number of amides is 9. The smallest absolute Gasteiger partial charge is 0.326 e. The number of aliphatic hydroxyl groups excluding tert-OH is 3. The predicted octanol–water partition coefficient (Wildman–Crippen LogP) is -9.32. The average molecular weight is 1140 g/mol. The van der Waals surface area contributed by atoms with Crippen molar-refractivity contribution in [3.05, 3.63) is 0 Å². The van der Waals surface area contributed by atoms with Gasteiger partial charge >= 0.3 is 23.9 Å². The van der Waals surface area contributed by atoms with Crippen LogP contribution < -0.4 is 76.5 Å². The molecule has 0 saturated heterocycles. The normalized spacial score (nSPS) is 14.8. The first-order valence-corrected chi connectivity index (χ1v) is 25.3. The molecular weight excluding hydrogens is 1060 g/mol. The van der Waals surface area contributed by atoms with Gasteiger partial charge in [0.05, 0.1) is 39.1 Å². The SMILES string of the molecule is NCCCC[C@H](NC(=O)[C@H](CC(=O)O)NC(=O)[C@H](CCCCN)NC(=O)[C@H](CO)NC(=O)[C@H](CC(=O)O)NC(=O)[C@H](CCCCN)NC(=O)[C@H](CO)NC(=O)[C@H](CC(=O)O)NC(=O)[C@H](CCCCN)NC(=O)[C@@H](N)CO)C(=O)O. The number of nitrogens with one attached hydrogen (secondary N) is 9. The van der Waals surface area contributed by atoms with Gasteiger partial charge in [-0.25, -0.2) is 4.79 Å². The highest BCUT2D eigenvalue weighted by Gasteiger charge is 2.36. The fraction of sp³-hybridized carbons (Fsp3) is 0.711. The Balaban J connectivity index is 6.55. The molecule has 0 aliphatic rings. The van der Waals surface area contributed by atoms with Gasteiger partial charge in [0.2, 0.25) is 53.2 Å². The zero-order chi connectivity index (χ0) is 60.2. The van der Waals surface area contributed by atoms with Crippen molar-refractivity contribution < 1.29 is 98.1 Å². The summed E-state index contributed by atoms with van der Waals surface area (Å²) in [5.74, 6) is -17.4. The Morgan fingerprint density at radius 3 is 0.747 bits per heavy atom. The number of unbranched alkanes of at least 4 members (excludes halogenated alkanes) is 4. The van der Waals surface area contributed by atoms with Crippen molar-refractivity contribution in [2.75, 3.05) is 46.0 Å². The van der Waals surface area contributed by atoms with E-state index in [1.54, 1.807) is 0 Å². The quantitative estimate of drug-likeness (QED) is 0.0252. The zero-order valence-electron chi connectivity index (χ0n) is 43.7. The summed E-state index contributed by atoms with van der Waals surface area (Å²) in [5.41, 5.74) is 27.7. The molecule has 0 heterocycles. The third-order valence-electron chi connectivity index (χ3n) is 11.5. The summed E-state index contributed by atoms with van der Waals surface area (Å²) in [6.07, 6.45) is -1.95. The molecule has 26 N–H and O–H groups in total. The van der Waals surface area contributed by atoms with Gasteiger partial charge in [-0.15, -0.1) is 0 Å². The van der Waals surface area contributed by atoms with Crippen LogP contribution in [0.5, 0.6) is 0 Å². The molecule has 0 aliphatic carbocycles. The number of hydrogen-bond donors (Lipinski definition) is 21. The lowest BCUT2D eigenvalue weighted by Crippen LogP contribution is -2.61. The number of carbonyl (C=O) groups excluding carboxylic acids is 9. The van der Waals surface area contributed by atoms with E-state index in [4.69, 9.17) is 28.7 Å². The highest BCUT2D eigenvalue weighted by atomic mass is 16.4. The van der Waals surface area contributed by atoms with Crippen molar-refractivity contribution in [2.24, 2.45) is 28.7 Å². The molecule has 0 bridgehead atoms. The number of aliphatic hydroxyl groups is 3. The highest BCUT2D eigenvalue weighted by Crippen LogP contribution is 2.09. The first-order valence-electron chi connectivity index (χ1n) is 25.3. The maximum atomic E-state index is 13.8. The zero-order valence-corrected chi connectivity index (χ0v) is 43.7. The lowest BCUT2D eigenvalue weighted by atomic mass is 10.0. The Hall–Kier alpha value is -7.21. The van der Waals surface area contributed by atoms with E-state index in [0.717, 1.165) is 0 Å². The first kappa shape index (κ1) is 71.8. The van der Waals surface area contributed by atoms with Gasteiger partial charge < -0.3 is 112 Å². The summed E-state index contributed by atoms with van der Waals surface area (Å²) < 4.78 is 0. The number of carboxylic acid groups (broad SMARTS) is 4. The van der Waals surface area contributed by atoms with Gasteiger partial charge in [-0.2, -0.15) is 0 Å². The largest absolute Gasteiger partial charge is 0.481 e. The molecule has 0 aromatic carbocycles. The molecule has 10 atom stereocenters. The highest BCUT2D eigenvalue weighted by molar-refractivity contribution is 6.00. The minimum absolute atomic E-state index is 0.0751. The van der Waals surface area contributed by atoms with Crippen LogP contribution in [0.15, 0.2) is 0 Å². The number of nitrogens with two attached hydrogens (primary N) is 5. The van der Waals surface area contributed by atoms with Crippen molar-refractivity contribution in [3.63, 3.8) is 0 Å². The van der Waals surface area contributed by atoms with E-state index in [1.807, 2.05) is 5.32 Å². The van der Waals surface area contributed by atoms with E-state index >= 15 is 0 Å². The topological polar surface area (TPSA) is 602 Å². The molecular formula is C45H80N14O20. The van der Waals surface area contributed by atoms with Gasteiger partial charge in [0.25, 0.3) is 0 Å². The van der Waals surface area contributed by atoms with Gasteiger partial charge in [-0.05, 0) is 103 Å². The van der Waals surface area contributed by atoms with Gasteiger partial charge in [0, 0.05) is 0 Å². The number of aliphatic carboxylic acids is 4. The maximum Gasteiger partial charge on any atom is 0.326 e. The number of carbonyl (C=O) groups is 13. The maximum absolute atomic E-state index is 13.8. The molecule has 0 spiro atoms. The molecule has 0 radical (unpaired) electrons. The van der Waals surface area contributed by atoms with Crippen LogP contribution in [0.4, 0.5) is 0 Å². The van der Waals surface area contributed by atoms with Crippen molar-refractivity contribution >= 4 is 77.0 Å². The van der Waals surface area contributed by atoms with Gasteiger partial charge in [-0.1, -0.05) is 0 Å². The fourth-order valence-corrected chi connectivity index (χ4v) is 7.12. The minimum Gasteiger partial charge on any atom is -0.481 e. The lowest BCUT2D eigenvalue weighted by Gasteiger charge is -2.27. The Morgan fingerprint density at radius 2 is 0.506 bits per heavy atom. The molecule has 0 unspecified atom stereocenters. The lowest BCUT2D eigenvalue weighted by molar-refractivity contribution is -0.144. The van der Waals surface area contributed by atoms with Crippen LogP contribution in [-0.2, 0) is 62.3 Å².